The molecule has 0 atom stereocenters. The number of carbonyl (C=O) groups is 1. The van der Waals surface area contributed by atoms with E-state index in [0.29, 0.717) is 24.0 Å². The Hall–Kier alpha value is -1.72. The van der Waals surface area contributed by atoms with Crippen LogP contribution in [-0.4, -0.2) is 22.5 Å². The zero-order chi connectivity index (χ0) is 11.4. The van der Waals surface area contributed by atoms with Crippen LogP contribution in [0.1, 0.15) is 13.8 Å². The Morgan fingerprint density at radius 3 is 2.87 bits per heavy atom. The van der Waals surface area contributed by atoms with E-state index in [-0.39, 0.29) is 0 Å². The molecule has 0 radical (unpaired) electrons. The van der Waals surface area contributed by atoms with Crippen LogP contribution in [0.25, 0.3) is 0 Å². The van der Waals surface area contributed by atoms with E-state index in [1.54, 1.807) is 7.05 Å². The molecule has 15 heavy (non-hydrogen) atoms. The lowest BCUT2D eigenvalue weighted by Gasteiger charge is -2.09. The fourth-order valence-electron chi connectivity index (χ4n) is 0.983. The normalized spacial score (nSPS) is 10.4. The number of nitrogen functional groups attached to an aromatic ring is 1. The van der Waals surface area contributed by atoms with Gasteiger partial charge in [0.15, 0.2) is 5.82 Å². The third-order valence-electron chi connectivity index (χ3n) is 1.74. The van der Waals surface area contributed by atoms with Crippen molar-refractivity contribution in [1.82, 2.24) is 9.78 Å². The van der Waals surface area contributed by atoms with Gasteiger partial charge in [-0.15, -0.1) is 0 Å². The van der Waals surface area contributed by atoms with Crippen molar-refractivity contribution in [3.8, 4) is 0 Å². The van der Waals surface area contributed by atoms with Gasteiger partial charge in [0.2, 0.25) is 0 Å². The van der Waals surface area contributed by atoms with Crippen molar-refractivity contribution in [3.05, 3.63) is 6.20 Å². The Labute approximate surface area is 88.4 Å². The van der Waals surface area contributed by atoms with Crippen molar-refractivity contribution in [2.45, 2.75) is 13.8 Å². The molecule has 1 heterocycles. The molecule has 0 bridgehead atoms. The molecule has 6 heteroatoms. The van der Waals surface area contributed by atoms with Crippen LogP contribution in [0.15, 0.2) is 6.20 Å². The van der Waals surface area contributed by atoms with E-state index in [0.717, 1.165) is 0 Å². The summed E-state index contributed by atoms with van der Waals surface area (Å²) in [6.07, 6.45) is 0.955. The largest absolute Gasteiger partial charge is 0.449 e. The highest BCUT2D eigenvalue weighted by Crippen LogP contribution is 2.15. The highest BCUT2D eigenvalue weighted by Gasteiger charge is 2.10. The van der Waals surface area contributed by atoms with Crippen LogP contribution >= 0.6 is 0 Å². The lowest BCUT2D eigenvalue weighted by atomic mass is 10.2. The Bertz CT molecular complexity index is 326. The monoisotopic (exact) mass is 212 g/mol. The fraction of sp³-hybridized carbons (Fsp3) is 0.556. The van der Waals surface area contributed by atoms with Gasteiger partial charge >= 0.3 is 6.09 Å². The summed E-state index contributed by atoms with van der Waals surface area (Å²) < 4.78 is 6.42. The van der Waals surface area contributed by atoms with E-state index in [4.69, 9.17) is 10.5 Å². The molecule has 1 aromatic rings. The number of carbonyl (C=O) groups excluding carboxylic acids is 1. The lowest BCUT2D eigenvalue weighted by molar-refractivity contribution is 0.147. The topological polar surface area (TPSA) is 82.2 Å². The van der Waals surface area contributed by atoms with Crippen molar-refractivity contribution < 1.29 is 9.53 Å². The van der Waals surface area contributed by atoms with Crippen molar-refractivity contribution in [1.29, 1.82) is 0 Å². The fourth-order valence-corrected chi connectivity index (χ4v) is 0.983. The molecule has 1 aromatic heterocycles. The van der Waals surface area contributed by atoms with Crippen LogP contribution in [0.5, 0.6) is 0 Å². The van der Waals surface area contributed by atoms with E-state index in [9.17, 15) is 4.79 Å². The van der Waals surface area contributed by atoms with Crippen LogP contribution in [-0.2, 0) is 11.8 Å². The van der Waals surface area contributed by atoms with Gasteiger partial charge in [0.25, 0.3) is 0 Å². The van der Waals surface area contributed by atoms with Gasteiger partial charge in [-0.25, -0.2) is 4.79 Å². The molecule has 0 aliphatic rings. The summed E-state index contributed by atoms with van der Waals surface area (Å²) >= 11 is 0. The predicted octanol–water partition coefficient (Wildman–Crippen LogP) is 1.21. The zero-order valence-corrected chi connectivity index (χ0v) is 9.15. The Morgan fingerprint density at radius 1 is 1.73 bits per heavy atom. The van der Waals surface area contributed by atoms with E-state index >= 15 is 0 Å². The maximum absolute atomic E-state index is 11.3. The molecular weight excluding hydrogens is 196 g/mol. The average Bonchev–Trinajstić information content (AvgIpc) is 2.46. The summed E-state index contributed by atoms with van der Waals surface area (Å²) in [6.45, 7) is 4.31. The molecule has 0 fully saturated rings. The highest BCUT2D eigenvalue weighted by atomic mass is 16.5. The minimum absolute atomic E-state index is 0.305. The third-order valence-corrected chi connectivity index (χ3v) is 1.74. The number of anilines is 2. The zero-order valence-electron chi connectivity index (χ0n) is 9.15. The van der Waals surface area contributed by atoms with Crippen LogP contribution in [0.3, 0.4) is 0 Å². The molecule has 0 aliphatic carbocycles. The van der Waals surface area contributed by atoms with E-state index in [2.05, 4.69) is 10.4 Å². The second kappa shape index (κ2) is 4.68. The lowest BCUT2D eigenvalue weighted by Crippen LogP contribution is -2.19. The van der Waals surface area contributed by atoms with Crippen molar-refractivity contribution in [2.24, 2.45) is 13.0 Å². The van der Waals surface area contributed by atoms with Gasteiger partial charge in [-0.05, 0) is 5.92 Å². The number of nitrogens with two attached hydrogens (primary N) is 1. The first kappa shape index (κ1) is 11.4. The van der Waals surface area contributed by atoms with E-state index in [1.165, 1.54) is 10.9 Å². The minimum Gasteiger partial charge on any atom is -0.449 e. The Morgan fingerprint density at radius 2 is 2.40 bits per heavy atom. The first-order chi connectivity index (χ1) is 7.00. The maximum atomic E-state index is 11.3. The number of aromatic nitrogens is 2. The number of hydrogen-bond donors (Lipinski definition) is 2. The van der Waals surface area contributed by atoms with Gasteiger partial charge in [-0.1, -0.05) is 13.8 Å². The van der Waals surface area contributed by atoms with E-state index < -0.39 is 6.09 Å². The minimum atomic E-state index is -0.515. The summed E-state index contributed by atoms with van der Waals surface area (Å²) in [5.74, 6) is 0.753. The molecule has 1 amide bonds. The predicted molar refractivity (Wildman–Crippen MR) is 57.4 cm³/mol. The molecular formula is C9H16N4O2. The average molecular weight is 212 g/mol. The first-order valence-electron chi connectivity index (χ1n) is 4.72. The molecule has 0 saturated heterocycles. The highest BCUT2D eigenvalue weighted by molar-refractivity contribution is 5.87. The molecule has 6 nitrogen and oxygen atoms in total. The number of ether oxygens (including phenoxy) is 1. The number of nitrogens with zero attached hydrogens (tertiary/aromatic N) is 2. The van der Waals surface area contributed by atoms with Crippen molar-refractivity contribution in [3.63, 3.8) is 0 Å². The van der Waals surface area contributed by atoms with Crippen LogP contribution in [0.4, 0.5) is 16.3 Å². The second-order valence-corrected chi connectivity index (χ2v) is 3.69. The third kappa shape index (κ3) is 3.16. The van der Waals surface area contributed by atoms with Crippen LogP contribution < -0.4 is 11.1 Å². The number of nitrogens with one attached hydrogen (secondary N) is 1. The molecule has 3 N–H and O–H groups in total. The van der Waals surface area contributed by atoms with Crippen molar-refractivity contribution >= 4 is 17.6 Å². The standard InChI is InChI=1S/C9H16N4O2/c1-6(2)5-15-9(14)12-8-7(10)4-11-13(8)3/h4,6H,5,10H2,1-3H3,(H,12,14). The second-order valence-electron chi connectivity index (χ2n) is 3.69. The maximum Gasteiger partial charge on any atom is 0.412 e. The number of aryl methyl sites for hydroxylation is 1. The van der Waals surface area contributed by atoms with Gasteiger partial charge in [0, 0.05) is 7.05 Å². The summed E-state index contributed by atoms with van der Waals surface area (Å²) in [5.41, 5.74) is 6.01. The molecule has 0 aliphatic heterocycles. The molecule has 84 valence electrons. The molecule has 1 rings (SSSR count). The first-order valence-corrected chi connectivity index (χ1v) is 4.72. The van der Waals surface area contributed by atoms with Gasteiger partial charge in [-0.3, -0.25) is 10.00 Å². The van der Waals surface area contributed by atoms with Gasteiger partial charge in [0.05, 0.1) is 18.5 Å². The SMILES string of the molecule is CC(C)COC(=O)Nc1c(N)cnn1C. The van der Waals surface area contributed by atoms with E-state index in [1.807, 2.05) is 13.8 Å². The number of amides is 1. The molecule has 0 spiro atoms. The van der Waals surface area contributed by atoms with Crippen LogP contribution in [0.2, 0.25) is 0 Å². The van der Waals surface area contributed by atoms with Gasteiger partial charge < -0.3 is 10.5 Å². The Balaban J connectivity index is 2.51. The number of hydrogen-bond acceptors (Lipinski definition) is 4. The summed E-state index contributed by atoms with van der Waals surface area (Å²) in [4.78, 5) is 11.3. The van der Waals surface area contributed by atoms with Crippen molar-refractivity contribution in [2.75, 3.05) is 17.7 Å². The summed E-state index contributed by atoms with van der Waals surface area (Å²) in [5, 5.41) is 6.41. The van der Waals surface area contributed by atoms with Crippen LogP contribution in [0, 0.1) is 5.92 Å². The number of rotatable bonds is 3. The van der Waals surface area contributed by atoms with Gasteiger partial charge in [0.1, 0.15) is 0 Å². The van der Waals surface area contributed by atoms with Gasteiger partial charge in [-0.2, -0.15) is 5.10 Å². The quantitative estimate of drug-likeness (QED) is 0.788. The smallest absolute Gasteiger partial charge is 0.412 e. The molecule has 0 aromatic carbocycles. The summed E-state index contributed by atoms with van der Waals surface area (Å²) in [7, 11) is 1.69. The summed E-state index contributed by atoms with van der Waals surface area (Å²) in [6, 6.07) is 0. The molecule has 0 saturated carbocycles. The Kier molecular flexibility index (Phi) is 3.54. The molecule has 0 unspecified atom stereocenters.